The van der Waals surface area contributed by atoms with E-state index in [-0.39, 0.29) is 17.8 Å². The molecular formula is C11H13N3O5. The third-order valence-electron chi connectivity index (χ3n) is 2.96. The lowest BCUT2D eigenvalue weighted by Crippen LogP contribution is -2.19. The Hall–Kier alpha value is -2.38. The zero-order valence-corrected chi connectivity index (χ0v) is 10.4. The van der Waals surface area contributed by atoms with Crippen LogP contribution in [0.25, 0.3) is 0 Å². The van der Waals surface area contributed by atoms with Gasteiger partial charge < -0.3 is 15.0 Å². The zero-order valence-electron chi connectivity index (χ0n) is 10.4. The first kappa shape index (κ1) is 13.1. The summed E-state index contributed by atoms with van der Waals surface area (Å²) in [5, 5.41) is 13.0. The fourth-order valence-corrected chi connectivity index (χ4v) is 1.87. The van der Waals surface area contributed by atoms with Crippen molar-refractivity contribution in [3.05, 3.63) is 27.6 Å². The van der Waals surface area contributed by atoms with Crippen LogP contribution in [0.15, 0.2) is 6.07 Å². The first-order chi connectivity index (χ1) is 8.93. The van der Waals surface area contributed by atoms with Gasteiger partial charge in [-0.1, -0.05) is 0 Å². The van der Waals surface area contributed by atoms with Gasteiger partial charge in [-0.05, 0) is 13.0 Å². The van der Waals surface area contributed by atoms with Gasteiger partial charge >= 0.3 is 5.97 Å². The Balaban J connectivity index is 2.09. The standard InChI is InChI=1S/C11H13N3O5/c1-5-3-7(9(12-5)11(16)19-2)13-10(15)6-4-8(6)14(17)18/h3,6,8,12H,4H2,1-2H3,(H,13,15)/t6-,8-/m0/s1. The van der Waals surface area contributed by atoms with Crippen LogP contribution in [-0.2, 0) is 9.53 Å². The van der Waals surface area contributed by atoms with Crippen LogP contribution in [-0.4, -0.2) is 34.9 Å². The number of aromatic amines is 1. The number of amides is 1. The lowest BCUT2D eigenvalue weighted by molar-refractivity contribution is -0.497. The molecule has 0 saturated heterocycles. The van der Waals surface area contributed by atoms with Crippen LogP contribution in [0.2, 0.25) is 0 Å². The normalized spacial score (nSPS) is 20.7. The molecule has 0 bridgehead atoms. The quantitative estimate of drug-likeness (QED) is 0.473. The smallest absolute Gasteiger partial charge is 0.356 e. The Morgan fingerprint density at radius 1 is 1.58 bits per heavy atom. The molecule has 8 heteroatoms. The third-order valence-corrected chi connectivity index (χ3v) is 2.96. The maximum absolute atomic E-state index is 11.8. The van der Waals surface area contributed by atoms with Gasteiger partial charge in [-0.2, -0.15) is 0 Å². The number of anilines is 1. The lowest BCUT2D eigenvalue weighted by atomic mass is 10.3. The molecule has 1 aliphatic rings. The molecule has 1 aromatic rings. The highest BCUT2D eigenvalue weighted by atomic mass is 16.6. The second-order valence-electron chi connectivity index (χ2n) is 4.42. The minimum atomic E-state index is -0.818. The highest BCUT2D eigenvalue weighted by Gasteiger charge is 2.53. The van der Waals surface area contributed by atoms with Crippen molar-refractivity contribution < 1.29 is 19.2 Å². The van der Waals surface area contributed by atoms with E-state index in [0.717, 1.165) is 0 Å². The van der Waals surface area contributed by atoms with Crippen molar-refractivity contribution in [2.45, 2.75) is 19.4 Å². The predicted octanol–water partition coefficient (Wildman–Crippen LogP) is 0.713. The molecule has 1 amide bonds. The summed E-state index contributed by atoms with van der Waals surface area (Å²) < 4.78 is 4.58. The van der Waals surface area contributed by atoms with Crippen molar-refractivity contribution in [3.8, 4) is 0 Å². The Kier molecular flexibility index (Phi) is 3.24. The first-order valence-electron chi connectivity index (χ1n) is 5.66. The van der Waals surface area contributed by atoms with Crippen molar-refractivity contribution in [2.75, 3.05) is 12.4 Å². The second-order valence-corrected chi connectivity index (χ2v) is 4.42. The van der Waals surface area contributed by atoms with Gasteiger partial charge in [0.2, 0.25) is 11.9 Å². The van der Waals surface area contributed by atoms with Crippen LogP contribution < -0.4 is 5.32 Å². The molecule has 1 fully saturated rings. The van der Waals surface area contributed by atoms with Gasteiger partial charge in [0, 0.05) is 17.0 Å². The third kappa shape index (κ3) is 2.56. The number of carbonyl (C=O) groups is 2. The van der Waals surface area contributed by atoms with E-state index < -0.39 is 28.8 Å². The molecule has 102 valence electrons. The summed E-state index contributed by atoms with van der Waals surface area (Å²) in [6, 6.07) is 0.759. The van der Waals surface area contributed by atoms with Crippen LogP contribution in [0.5, 0.6) is 0 Å². The number of rotatable bonds is 4. The minimum absolute atomic E-state index is 0.131. The molecule has 0 spiro atoms. The van der Waals surface area contributed by atoms with Crippen molar-refractivity contribution in [1.29, 1.82) is 0 Å². The number of carbonyl (C=O) groups excluding carboxylic acids is 2. The van der Waals surface area contributed by atoms with E-state index in [9.17, 15) is 19.7 Å². The molecule has 0 unspecified atom stereocenters. The molecular weight excluding hydrogens is 254 g/mol. The second kappa shape index (κ2) is 4.71. The summed E-state index contributed by atoms with van der Waals surface area (Å²) in [6.07, 6.45) is 0.232. The Morgan fingerprint density at radius 2 is 2.26 bits per heavy atom. The monoisotopic (exact) mass is 267 g/mol. The van der Waals surface area contributed by atoms with Gasteiger partial charge in [0.15, 0.2) is 0 Å². The van der Waals surface area contributed by atoms with Crippen LogP contribution in [0.4, 0.5) is 5.69 Å². The number of nitro groups is 1. The van der Waals surface area contributed by atoms with E-state index in [1.807, 2.05) is 0 Å². The highest BCUT2D eigenvalue weighted by molar-refractivity contribution is 6.01. The van der Waals surface area contributed by atoms with Gasteiger partial charge in [-0.25, -0.2) is 4.79 Å². The minimum Gasteiger partial charge on any atom is -0.464 e. The van der Waals surface area contributed by atoms with Gasteiger partial charge in [-0.3, -0.25) is 14.9 Å². The molecule has 1 heterocycles. The van der Waals surface area contributed by atoms with E-state index in [1.165, 1.54) is 7.11 Å². The van der Waals surface area contributed by atoms with E-state index >= 15 is 0 Å². The highest BCUT2D eigenvalue weighted by Crippen LogP contribution is 2.34. The Labute approximate surface area is 108 Å². The van der Waals surface area contributed by atoms with Crippen LogP contribution in [0.1, 0.15) is 22.6 Å². The average molecular weight is 267 g/mol. The SMILES string of the molecule is COC(=O)c1[nH]c(C)cc1NC(=O)[C@H]1C[C@@H]1[N+](=O)[O-]. The molecule has 19 heavy (non-hydrogen) atoms. The number of hydrogen-bond acceptors (Lipinski definition) is 5. The summed E-state index contributed by atoms with van der Waals surface area (Å²) in [7, 11) is 1.23. The Bertz CT molecular complexity index is 551. The van der Waals surface area contributed by atoms with Gasteiger partial charge in [0.1, 0.15) is 11.6 Å². The maximum atomic E-state index is 11.8. The van der Waals surface area contributed by atoms with Crippen LogP contribution >= 0.6 is 0 Å². The summed E-state index contributed by atoms with van der Waals surface area (Å²) in [4.78, 5) is 36.1. The number of aryl methyl sites for hydroxylation is 1. The number of aromatic nitrogens is 1. The Morgan fingerprint density at radius 3 is 2.79 bits per heavy atom. The van der Waals surface area contributed by atoms with Crippen molar-refractivity contribution in [1.82, 2.24) is 4.98 Å². The lowest BCUT2D eigenvalue weighted by Gasteiger charge is -2.04. The number of H-pyrrole nitrogens is 1. The van der Waals surface area contributed by atoms with Gasteiger partial charge in [0.25, 0.3) is 0 Å². The summed E-state index contributed by atoms with van der Waals surface area (Å²) in [6.45, 7) is 1.72. The molecule has 0 aromatic carbocycles. The van der Waals surface area contributed by atoms with E-state index in [4.69, 9.17) is 0 Å². The predicted molar refractivity (Wildman–Crippen MR) is 64.4 cm³/mol. The van der Waals surface area contributed by atoms with Crippen LogP contribution in [0.3, 0.4) is 0 Å². The maximum Gasteiger partial charge on any atom is 0.356 e. The summed E-state index contributed by atoms with van der Waals surface area (Å²) in [5.74, 6) is -1.69. The summed E-state index contributed by atoms with van der Waals surface area (Å²) in [5.41, 5.74) is 1.09. The fourth-order valence-electron chi connectivity index (χ4n) is 1.87. The number of methoxy groups -OCH3 is 1. The molecule has 1 aromatic heterocycles. The number of esters is 1. The van der Waals surface area contributed by atoms with Gasteiger partial charge in [-0.15, -0.1) is 0 Å². The van der Waals surface area contributed by atoms with E-state index in [1.54, 1.807) is 13.0 Å². The number of nitrogens with one attached hydrogen (secondary N) is 2. The molecule has 8 nitrogen and oxygen atoms in total. The molecule has 1 saturated carbocycles. The van der Waals surface area contributed by atoms with Crippen molar-refractivity contribution >= 4 is 17.6 Å². The van der Waals surface area contributed by atoms with E-state index in [0.29, 0.717) is 5.69 Å². The topological polar surface area (TPSA) is 114 Å². The molecule has 2 N–H and O–H groups in total. The number of nitrogens with zero attached hydrogens (tertiary/aromatic N) is 1. The number of ether oxygens (including phenoxy) is 1. The first-order valence-corrected chi connectivity index (χ1v) is 5.66. The zero-order chi connectivity index (χ0) is 14.2. The fraction of sp³-hybridized carbons (Fsp3) is 0.455. The molecule has 2 rings (SSSR count). The van der Waals surface area contributed by atoms with E-state index in [2.05, 4.69) is 15.0 Å². The molecule has 0 aliphatic heterocycles. The van der Waals surface area contributed by atoms with Crippen molar-refractivity contribution in [2.24, 2.45) is 5.92 Å². The average Bonchev–Trinajstić information content (AvgIpc) is 3.08. The largest absolute Gasteiger partial charge is 0.464 e. The summed E-state index contributed by atoms with van der Waals surface area (Å²) >= 11 is 0. The van der Waals surface area contributed by atoms with Crippen molar-refractivity contribution in [3.63, 3.8) is 0 Å². The molecule has 0 radical (unpaired) electrons. The molecule has 1 aliphatic carbocycles. The number of hydrogen-bond donors (Lipinski definition) is 2. The van der Waals surface area contributed by atoms with Gasteiger partial charge in [0.05, 0.1) is 12.8 Å². The van der Waals surface area contributed by atoms with Crippen LogP contribution in [0, 0.1) is 23.0 Å². The molecule has 2 atom stereocenters.